The number of rotatable bonds is 5. The first kappa shape index (κ1) is 21.3. The minimum Gasteiger partial charge on any atom is -0.497 e. The fourth-order valence-corrected chi connectivity index (χ4v) is 5.77. The minimum atomic E-state index is -1.24. The normalized spacial score (nSPS) is 19.4. The second kappa shape index (κ2) is 8.12. The van der Waals surface area contributed by atoms with Crippen LogP contribution in [0.4, 0.5) is 15.8 Å². The molecule has 0 radical (unpaired) electrons. The van der Waals surface area contributed by atoms with Crippen LogP contribution in [0.2, 0.25) is 0 Å². The number of carbonyl (C=O) groups excluding carboxylic acids is 2. The van der Waals surface area contributed by atoms with E-state index in [2.05, 4.69) is 0 Å². The Labute approximate surface area is 194 Å². The number of para-hydroxylation sites is 1. The van der Waals surface area contributed by atoms with E-state index in [0.29, 0.717) is 17.2 Å². The van der Waals surface area contributed by atoms with Crippen LogP contribution in [0.3, 0.4) is 0 Å². The highest BCUT2D eigenvalue weighted by molar-refractivity contribution is 8.02. The lowest BCUT2D eigenvalue weighted by Crippen LogP contribution is -2.49. The number of thioether (sulfide) groups is 1. The second-order valence-corrected chi connectivity index (χ2v) is 8.94. The number of methoxy groups -OCH3 is 2. The molecule has 0 bridgehead atoms. The number of halogens is 1. The van der Waals surface area contributed by atoms with Crippen LogP contribution >= 0.6 is 11.8 Å². The molecule has 0 saturated carbocycles. The van der Waals surface area contributed by atoms with Gasteiger partial charge >= 0.3 is 0 Å². The number of anilines is 2. The summed E-state index contributed by atoms with van der Waals surface area (Å²) in [6, 6.07) is 18.7. The Morgan fingerprint density at radius 1 is 0.970 bits per heavy atom. The maximum absolute atomic E-state index is 14.1. The van der Waals surface area contributed by atoms with Crippen molar-refractivity contribution in [1.82, 2.24) is 0 Å². The van der Waals surface area contributed by atoms with Crippen LogP contribution in [0.25, 0.3) is 0 Å². The molecule has 5 rings (SSSR count). The van der Waals surface area contributed by atoms with E-state index in [0.717, 1.165) is 16.8 Å². The van der Waals surface area contributed by atoms with Gasteiger partial charge < -0.3 is 14.4 Å². The van der Waals surface area contributed by atoms with E-state index >= 15 is 0 Å². The summed E-state index contributed by atoms with van der Waals surface area (Å²) in [6.45, 7) is 0.266. The Morgan fingerprint density at radius 2 is 1.64 bits per heavy atom. The van der Waals surface area contributed by atoms with Crippen molar-refractivity contribution in [2.24, 2.45) is 0 Å². The number of carbonyl (C=O) groups is 2. The third-order valence-electron chi connectivity index (χ3n) is 5.91. The van der Waals surface area contributed by atoms with Crippen molar-refractivity contribution in [3.63, 3.8) is 0 Å². The molecule has 0 aromatic heterocycles. The van der Waals surface area contributed by atoms with E-state index in [4.69, 9.17) is 9.47 Å². The molecular formula is C25H21FN2O4S. The van der Waals surface area contributed by atoms with Crippen LogP contribution in [0, 0.1) is 5.82 Å². The van der Waals surface area contributed by atoms with Crippen molar-refractivity contribution >= 4 is 35.0 Å². The Bertz CT molecular complexity index is 1230. The Morgan fingerprint density at radius 3 is 2.30 bits per heavy atom. The van der Waals surface area contributed by atoms with Crippen molar-refractivity contribution in [3.05, 3.63) is 83.7 Å². The monoisotopic (exact) mass is 464 g/mol. The van der Waals surface area contributed by atoms with E-state index in [1.165, 1.54) is 38.1 Å². The van der Waals surface area contributed by atoms with Gasteiger partial charge in [-0.25, -0.2) is 4.39 Å². The highest BCUT2D eigenvalue weighted by Crippen LogP contribution is 2.56. The van der Waals surface area contributed by atoms with Gasteiger partial charge in [0.15, 0.2) is 0 Å². The van der Waals surface area contributed by atoms with Crippen LogP contribution in [0.1, 0.15) is 11.1 Å². The number of ether oxygens (including phenoxy) is 2. The SMILES string of the molecule is COc1cc(OC)cc(N2C(=O)CSC23C(=O)N(Cc2ccc(F)cc2)c2ccccc23)c1. The highest BCUT2D eigenvalue weighted by Gasteiger charge is 2.61. The fraction of sp³-hybridized carbons (Fsp3) is 0.200. The van der Waals surface area contributed by atoms with Crippen LogP contribution in [-0.2, 0) is 21.0 Å². The third-order valence-corrected chi connectivity index (χ3v) is 7.30. The molecule has 1 atom stereocenters. The molecule has 0 aliphatic carbocycles. The van der Waals surface area contributed by atoms with Crippen molar-refractivity contribution in [2.45, 2.75) is 11.4 Å². The molecule has 0 N–H and O–H groups in total. The number of benzene rings is 3. The molecule has 8 heteroatoms. The molecular weight excluding hydrogens is 443 g/mol. The number of hydrogen-bond donors (Lipinski definition) is 0. The summed E-state index contributed by atoms with van der Waals surface area (Å²) in [5.74, 6) is 0.465. The van der Waals surface area contributed by atoms with Crippen molar-refractivity contribution in [1.29, 1.82) is 0 Å². The molecule has 1 unspecified atom stereocenters. The van der Waals surface area contributed by atoms with Crippen molar-refractivity contribution < 1.29 is 23.5 Å². The molecule has 6 nitrogen and oxygen atoms in total. The minimum absolute atomic E-state index is 0.157. The second-order valence-electron chi connectivity index (χ2n) is 7.77. The molecule has 1 saturated heterocycles. The summed E-state index contributed by atoms with van der Waals surface area (Å²) in [5, 5.41) is 0. The molecule has 3 aromatic rings. The van der Waals surface area contributed by atoms with Gasteiger partial charge in [-0.1, -0.05) is 30.3 Å². The standard InChI is InChI=1S/C25H21FN2O4S/c1-31-19-11-18(12-20(13-19)32-2)28-23(29)15-33-25(28)21-5-3-4-6-22(21)27(24(25)30)14-16-7-9-17(26)10-8-16/h3-13H,14-15H2,1-2H3. The first-order valence-electron chi connectivity index (χ1n) is 10.3. The zero-order chi connectivity index (χ0) is 23.2. The number of nitrogens with zero attached hydrogens (tertiary/aromatic N) is 2. The smallest absolute Gasteiger partial charge is 0.269 e. The fourth-order valence-electron chi connectivity index (χ4n) is 4.41. The van der Waals surface area contributed by atoms with Gasteiger partial charge in [0.2, 0.25) is 10.8 Å². The molecule has 168 valence electrons. The van der Waals surface area contributed by atoms with Gasteiger partial charge in [-0.15, -0.1) is 11.8 Å². The van der Waals surface area contributed by atoms with Crippen LogP contribution < -0.4 is 19.3 Å². The topological polar surface area (TPSA) is 59.1 Å². The lowest BCUT2D eigenvalue weighted by atomic mass is 10.0. The molecule has 1 spiro atoms. The molecule has 2 heterocycles. The summed E-state index contributed by atoms with van der Waals surface area (Å²) < 4.78 is 24.2. The van der Waals surface area contributed by atoms with Crippen molar-refractivity contribution in [3.8, 4) is 11.5 Å². The highest BCUT2D eigenvalue weighted by atomic mass is 32.2. The Balaban J connectivity index is 1.64. The third kappa shape index (κ3) is 3.33. The first-order chi connectivity index (χ1) is 16.0. The van der Waals surface area contributed by atoms with Crippen LogP contribution in [-0.4, -0.2) is 31.8 Å². The van der Waals surface area contributed by atoms with E-state index in [1.807, 2.05) is 24.3 Å². The summed E-state index contributed by atoms with van der Waals surface area (Å²) in [6.07, 6.45) is 0. The molecule has 3 aromatic carbocycles. The summed E-state index contributed by atoms with van der Waals surface area (Å²) in [4.78, 5) is 29.2. The first-order valence-corrected chi connectivity index (χ1v) is 11.3. The van der Waals surface area contributed by atoms with Gasteiger partial charge in [0.05, 0.1) is 37.9 Å². The lowest BCUT2D eigenvalue weighted by Gasteiger charge is -2.33. The van der Waals surface area contributed by atoms with Gasteiger partial charge in [-0.05, 0) is 23.8 Å². The lowest BCUT2D eigenvalue weighted by molar-refractivity contribution is -0.123. The van der Waals surface area contributed by atoms with Gasteiger partial charge in [0, 0.05) is 23.8 Å². The molecule has 2 aliphatic rings. The van der Waals surface area contributed by atoms with E-state index in [-0.39, 0.29) is 29.9 Å². The zero-order valence-electron chi connectivity index (χ0n) is 18.1. The van der Waals surface area contributed by atoms with Gasteiger partial charge in [-0.2, -0.15) is 0 Å². The summed E-state index contributed by atoms with van der Waals surface area (Å²) >= 11 is 1.30. The molecule has 2 amide bonds. The Kier molecular flexibility index (Phi) is 5.25. The number of hydrogen-bond acceptors (Lipinski definition) is 5. The van der Waals surface area contributed by atoms with E-state index in [9.17, 15) is 14.0 Å². The quantitative estimate of drug-likeness (QED) is 0.563. The molecule has 33 heavy (non-hydrogen) atoms. The number of fused-ring (bicyclic) bond motifs is 2. The maximum Gasteiger partial charge on any atom is 0.269 e. The molecule has 2 aliphatic heterocycles. The number of amides is 2. The predicted molar refractivity (Wildman–Crippen MR) is 125 cm³/mol. The Hall–Kier alpha value is -3.52. The average Bonchev–Trinajstić information content (AvgIpc) is 3.31. The summed E-state index contributed by atoms with van der Waals surface area (Å²) in [5.41, 5.74) is 2.79. The largest absolute Gasteiger partial charge is 0.497 e. The van der Waals surface area contributed by atoms with Gasteiger partial charge in [0.1, 0.15) is 17.3 Å². The predicted octanol–water partition coefficient (Wildman–Crippen LogP) is 4.32. The van der Waals surface area contributed by atoms with Crippen LogP contribution in [0.15, 0.2) is 66.7 Å². The maximum atomic E-state index is 14.1. The summed E-state index contributed by atoms with van der Waals surface area (Å²) in [7, 11) is 3.07. The van der Waals surface area contributed by atoms with Crippen molar-refractivity contribution in [2.75, 3.05) is 29.8 Å². The average molecular weight is 465 g/mol. The van der Waals surface area contributed by atoms with Crippen LogP contribution in [0.5, 0.6) is 11.5 Å². The van der Waals surface area contributed by atoms with E-state index in [1.54, 1.807) is 40.1 Å². The van der Waals surface area contributed by atoms with Gasteiger partial charge in [0.25, 0.3) is 5.91 Å². The zero-order valence-corrected chi connectivity index (χ0v) is 18.9. The molecule has 1 fully saturated rings. The van der Waals surface area contributed by atoms with E-state index < -0.39 is 4.87 Å². The van der Waals surface area contributed by atoms with Gasteiger partial charge in [-0.3, -0.25) is 14.5 Å².